The second-order valence-corrected chi connectivity index (χ2v) is 7.11. The lowest BCUT2D eigenvalue weighted by Crippen LogP contribution is -2.33. The highest BCUT2D eigenvalue weighted by atomic mass is 16.6. The summed E-state index contributed by atoms with van der Waals surface area (Å²) in [6.07, 6.45) is -1.01. The van der Waals surface area contributed by atoms with E-state index >= 15 is 0 Å². The fourth-order valence-corrected chi connectivity index (χ4v) is 2.09. The van der Waals surface area contributed by atoms with Gasteiger partial charge in [0.15, 0.2) is 6.10 Å². The van der Waals surface area contributed by atoms with E-state index in [-0.39, 0.29) is 13.0 Å². The van der Waals surface area contributed by atoms with E-state index < -0.39 is 29.7 Å². The zero-order chi connectivity index (χ0) is 21.2. The number of carbonyl (C=O) groups excluding carboxylic acids is 3. The van der Waals surface area contributed by atoms with Crippen molar-refractivity contribution in [3.8, 4) is 5.75 Å². The Labute approximate surface area is 165 Å². The monoisotopic (exact) mass is 394 g/mol. The summed E-state index contributed by atoms with van der Waals surface area (Å²) < 4.78 is 15.5. The number of nitrogens with one attached hydrogen (secondary N) is 2. The van der Waals surface area contributed by atoms with Crippen LogP contribution in [-0.2, 0) is 19.1 Å². The lowest BCUT2D eigenvalue weighted by atomic mass is 10.2. The van der Waals surface area contributed by atoms with Crippen LogP contribution in [0.15, 0.2) is 24.3 Å². The van der Waals surface area contributed by atoms with Crippen molar-refractivity contribution in [3.05, 3.63) is 24.3 Å². The van der Waals surface area contributed by atoms with Crippen molar-refractivity contribution < 1.29 is 28.6 Å². The number of ether oxygens (including phenoxy) is 3. The Morgan fingerprint density at radius 1 is 1.11 bits per heavy atom. The highest BCUT2D eigenvalue weighted by molar-refractivity contribution is 5.95. The van der Waals surface area contributed by atoms with Crippen molar-refractivity contribution in [2.24, 2.45) is 0 Å². The molecule has 8 heteroatoms. The maximum Gasteiger partial charge on any atom is 0.407 e. The van der Waals surface area contributed by atoms with E-state index in [0.29, 0.717) is 24.5 Å². The maximum atomic E-state index is 12.1. The van der Waals surface area contributed by atoms with Crippen molar-refractivity contribution in [3.63, 3.8) is 0 Å². The molecule has 0 radical (unpaired) electrons. The van der Waals surface area contributed by atoms with Crippen LogP contribution in [0.3, 0.4) is 0 Å². The van der Waals surface area contributed by atoms with Gasteiger partial charge in [-0.2, -0.15) is 0 Å². The Morgan fingerprint density at radius 2 is 1.75 bits per heavy atom. The smallest absolute Gasteiger partial charge is 0.407 e. The van der Waals surface area contributed by atoms with Gasteiger partial charge >= 0.3 is 12.1 Å². The van der Waals surface area contributed by atoms with Crippen molar-refractivity contribution in [1.29, 1.82) is 0 Å². The maximum absolute atomic E-state index is 12.1. The number of hydrogen-bond donors (Lipinski definition) is 2. The van der Waals surface area contributed by atoms with Gasteiger partial charge in [-0.15, -0.1) is 0 Å². The highest BCUT2D eigenvalue weighted by Gasteiger charge is 2.18. The topological polar surface area (TPSA) is 103 Å². The summed E-state index contributed by atoms with van der Waals surface area (Å²) in [5, 5.41) is 5.23. The lowest BCUT2D eigenvalue weighted by Gasteiger charge is -2.19. The van der Waals surface area contributed by atoms with Crippen LogP contribution in [0.5, 0.6) is 5.75 Å². The first kappa shape index (κ1) is 23.3. The number of rotatable bonds is 9. The van der Waals surface area contributed by atoms with Crippen LogP contribution < -0.4 is 15.4 Å². The van der Waals surface area contributed by atoms with Gasteiger partial charge in [-0.05, 0) is 65.3 Å². The third kappa shape index (κ3) is 9.80. The van der Waals surface area contributed by atoms with Crippen LogP contribution >= 0.6 is 0 Å². The Balaban J connectivity index is 2.29. The van der Waals surface area contributed by atoms with E-state index in [9.17, 15) is 14.4 Å². The molecule has 0 aliphatic rings. The molecule has 0 aliphatic carbocycles. The molecule has 28 heavy (non-hydrogen) atoms. The molecule has 156 valence electrons. The van der Waals surface area contributed by atoms with Gasteiger partial charge < -0.3 is 24.8 Å². The van der Waals surface area contributed by atoms with E-state index in [4.69, 9.17) is 14.2 Å². The van der Waals surface area contributed by atoms with Crippen LogP contribution in [-0.4, -0.2) is 42.8 Å². The zero-order valence-corrected chi connectivity index (χ0v) is 17.2. The Hall–Kier alpha value is -2.77. The Kier molecular flexibility index (Phi) is 9.27. The van der Waals surface area contributed by atoms with E-state index in [1.54, 1.807) is 45.0 Å². The molecule has 0 unspecified atom stereocenters. The average molecular weight is 394 g/mol. The molecule has 2 amide bonds. The van der Waals surface area contributed by atoms with Gasteiger partial charge in [-0.25, -0.2) is 4.79 Å². The summed E-state index contributed by atoms with van der Waals surface area (Å²) in [5.74, 6) is -0.232. The van der Waals surface area contributed by atoms with Crippen molar-refractivity contribution in [2.75, 3.05) is 18.5 Å². The SMILES string of the molecule is CCOc1ccc(NC(=O)[C@@H](C)OC(=O)CCCNC(=O)OC(C)(C)C)cc1. The fourth-order valence-electron chi connectivity index (χ4n) is 2.09. The Bertz CT molecular complexity index is 652. The molecule has 0 saturated carbocycles. The summed E-state index contributed by atoms with van der Waals surface area (Å²) in [6.45, 7) is 9.53. The van der Waals surface area contributed by atoms with Crippen molar-refractivity contribution in [1.82, 2.24) is 5.32 Å². The first-order chi connectivity index (χ1) is 13.1. The van der Waals surface area contributed by atoms with Gasteiger partial charge in [0.2, 0.25) is 0 Å². The zero-order valence-electron chi connectivity index (χ0n) is 17.2. The van der Waals surface area contributed by atoms with Crippen molar-refractivity contribution >= 4 is 23.7 Å². The minimum absolute atomic E-state index is 0.0798. The second kappa shape index (κ2) is 11.2. The van der Waals surface area contributed by atoms with E-state index in [1.807, 2.05) is 6.92 Å². The van der Waals surface area contributed by atoms with E-state index in [0.717, 1.165) is 0 Å². The molecule has 0 aromatic heterocycles. The number of anilines is 1. The molecule has 1 atom stereocenters. The van der Waals surface area contributed by atoms with Crippen LogP contribution in [0.1, 0.15) is 47.5 Å². The Morgan fingerprint density at radius 3 is 2.32 bits per heavy atom. The number of benzene rings is 1. The highest BCUT2D eigenvalue weighted by Crippen LogP contribution is 2.16. The molecular weight excluding hydrogens is 364 g/mol. The average Bonchev–Trinajstić information content (AvgIpc) is 2.59. The van der Waals surface area contributed by atoms with Gasteiger partial charge in [0.1, 0.15) is 11.4 Å². The molecule has 0 heterocycles. The standard InChI is InChI=1S/C20H30N2O6/c1-6-26-16-11-9-15(10-12-16)22-18(24)14(2)27-17(23)8-7-13-21-19(25)28-20(3,4)5/h9-12,14H,6-8,13H2,1-5H3,(H,21,25)(H,22,24)/t14-/m1/s1. The normalized spacial score (nSPS) is 11.9. The second-order valence-electron chi connectivity index (χ2n) is 7.11. The van der Waals surface area contributed by atoms with Crippen LogP contribution in [0, 0.1) is 0 Å². The minimum atomic E-state index is -0.933. The van der Waals surface area contributed by atoms with Crippen LogP contribution in [0.4, 0.5) is 10.5 Å². The predicted molar refractivity (Wildman–Crippen MR) is 105 cm³/mol. The number of hydrogen-bond acceptors (Lipinski definition) is 6. The molecule has 0 aliphatic heterocycles. The summed E-state index contributed by atoms with van der Waals surface area (Å²) in [4.78, 5) is 35.4. The molecule has 2 N–H and O–H groups in total. The largest absolute Gasteiger partial charge is 0.494 e. The van der Waals surface area contributed by atoms with Gasteiger partial charge in [0.25, 0.3) is 5.91 Å². The molecule has 1 aromatic carbocycles. The third-order valence-corrected chi connectivity index (χ3v) is 3.34. The quantitative estimate of drug-likeness (QED) is 0.492. The minimum Gasteiger partial charge on any atom is -0.494 e. The predicted octanol–water partition coefficient (Wildman–Crippen LogP) is 3.26. The first-order valence-corrected chi connectivity index (χ1v) is 9.30. The molecule has 1 rings (SSSR count). The molecular formula is C20H30N2O6. The summed E-state index contributed by atoms with van der Waals surface area (Å²) in [5.41, 5.74) is 0.00715. The molecule has 0 saturated heterocycles. The first-order valence-electron chi connectivity index (χ1n) is 9.30. The molecule has 0 bridgehead atoms. The van der Waals surface area contributed by atoms with Gasteiger partial charge in [0, 0.05) is 18.7 Å². The molecule has 0 spiro atoms. The summed E-state index contributed by atoms with van der Waals surface area (Å²) in [6, 6.07) is 6.90. The van der Waals surface area contributed by atoms with Gasteiger partial charge in [-0.1, -0.05) is 0 Å². The van der Waals surface area contributed by atoms with Gasteiger partial charge in [-0.3, -0.25) is 9.59 Å². The lowest BCUT2D eigenvalue weighted by molar-refractivity contribution is -0.153. The number of alkyl carbamates (subject to hydrolysis) is 1. The number of carbonyl (C=O) groups is 3. The summed E-state index contributed by atoms with van der Waals surface area (Å²) >= 11 is 0. The van der Waals surface area contributed by atoms with E-state index in [2.05, 4.69) is 10.6 Å². The number of amides is 2. The van der Waals surface area contributed by atoms with E-state index in [1.165, 1.54) is 6.92 Å². The number of esters is 1. The van der Waals surface area contributed by atoms with Crippen LogP contribution in [0.2, 0.25) is 0 Å². The fraction of sp³-hybridized carbons (Fsp3) is 0.550. The summed E-state index contributed by atoms with van der Waals surface area (Å²) in [7, 11) is 0. The third-order valence-electron chi connectivity index (χ3n) is 3.34. The molecule has 1 aromatic rings. The van der Waals surface area contributed by atoms with Crippen LogP contribution in [0.25, 0.3) is 0 Å². The molecule has 0 fully saturated rings. The van der Waals surface area contributed by atoms with Crippen molar-refractivity contribution in [2.45, 2.75) is 59.2 Å². The van der Waals surface area contributed by atoms with Gasteiger partial charge in [0.05, 0.1) is 6.61 Å². The molecule has 8 nitrogen and oxygen atoms in total.